The first kappa shape index (κ1) is 19.4. The molecule has 6 heteroatoms. The second-order valence-electron chi connectivity index (χ2n) is 5.68. The molecule has 1 N–H and O–H groups in total. The van der Waals surface area contributed by atoms with Crippen molar-refractivity contribution in [2.75, 3.05) is 19.5 Å². The average molecular weight is 371 g/mol. The summed E-state index contributed by atoms with van der Waals surface area (Å²) in [5, 5.41) is 12.5. The van der Waals surface area contributed by atoms with E-state index in [2.05, 4.69) is 5.32 Å². The molecule has 0 aliphatic rings. The molecule has 26 heavy (non-hydrogen) atoms. The summed E-state index contributed by atoms with van der Waals surface area (Å²) < 4.78 is 10.4. The minimum absolute atomic E-state index is 0.0470. The third-order valence-corrected chi connectivity index (χ3v) is 4.05. The van der Waals surface area contributed by atoms with Crippen molar-refractivity contribution in [3.63, 3.8) is 0 Å². The number of aryl methyl sites for hydroxylation is 2. The van der Waals surface area contributed by atoms with Gasteiger partial charge in [0.2, 0.25) is 0 Å². The highest BCUT2D eigenvalue weighted by molar-refractivity contribution is 6.32. The minimum Gasteiger partial charge on any atom is -0.493 e. The second kappa shape index (κ2) is 8.41. The maximum atomic E-state index is 12.5. The van der Waals surface area contributed by atoms with E-state index in [0.29, 0.717) is 27.8 Å². The van der Waals surface area contributed by atoms with E-state index < -0.39 is 5.91 Å². The number of hydrogen-bond donors (Lipinski definition) is 1. The van der Waals surface area contributed by atoms with Gasteiger partial charge in [0.05, 0.1) is 19.2 Å². The number of nitrogens with one attached hydrogen (secondary N) is 1. The lowest BCUT2D eigenvalue weighted by Gasteiger charge is -2.11. The molecule has 0 aliphatic carbocycles. The van der Waals surface area contributed by atoms with Gasteiger partial charge in [-0.05, 0) is 54.8 Å². The summed E-state index contributed by atoms with van der Waals surface area (Å²) in [4.78, 5) is 12.5. The Kier molecular flexibility index (Phi) is 6.26. The van der Waals surface area contributed by atoms with Crippen molar-refractivity contribution in [2.45, 2.75) is 13.8 Å². The van der Waals surface area contributed by atoms with Crippen LogP contribution in [0.1, 0.15) is 16.7 Å². The molecule has 0 unspecified atom stereocenters. The van der Waals surface area contributed by atoms with Gasteiger partial charge in [0.15, 0.2) is 11.5 Å². The quantitative estimate of drug-likeness (QED) is 0.620. The molecule has 0 aromatic heterocycles. The lowest BCUT2D eigenvalue weighted by Crippen LogP contribution is -2.14. The molecule has 0 saturated carbocycles. The zero-order valence-corrected chi connectivity index (χ0v) is 15.8. The fourth-order valence-corrected chi connectivity index (χ4v) is 2.69. The normalized spacial score (nSPS) is 10.8. The van der Waals surface area contributed by atoms with E-state index in [9.17, 15) is 10.1 Å². The van der Waals surface area contributed by atoms with Crippen LogP contribution >= 0.6 is 11.6 Å². The number of benzene rings is 2. The van der Waals surface area contributed by atoms with Gasteiger partial charge in [-0.25, -0.2) is 0 Å². The van der Waals surface area contributed by atoms with Gasteiger partial charge in [-0.3, -0.25) is 4.79 Å². The Morgan fingerprint density at radius 2 is 1.92 bits per heavy atom. The molecule has 2 aromatic carbocycles. The van der Waals surface area contributed by atoms with Crippen LogP contribution in [-0.2, 0) is 4.79 Å². The van der Waals surface area contributed by atoms with E-state index in [1.54, 1.807) is 12.1 Å². The van der Waals surface area contributed by atoms with Gasteiger partial charge in [0.25, 0.3) is 5.91 Å². The van der Waals surface area contributed by atoms with Crippen molar-refractivity contribution >= 4 is 29.3 Å². The maximum Gasteiger partial charge on any atom is 0.266 e. The molecule has 2 aromatic rings. The number of ether oxygens (including phenoxy) is 2. The highest BCUT2D eigenvalue weighted by atomic mass is 35.5. The van der Waals surface area contributed by atoms with Gasteiger partial charge in [-0.2, -0.15) is 5.26 Å². The first-order valence-electron chi connectivity index (χ1n) is 7.81. The number of nitrogens with zero attached hydrogens (tertiary/aromatic N) is 1. The predicted molar refractivity (Wildman–Crippen MR) is 103 cm³/mol. The van der Waals surface area contributed by atoms with Gasteiger partial charge in [0.1, 0.15) is 11.6 Å². The molecule has 0 saturated heterocycles. The van der Waals surface area contributed by atoms with Gasteiger partial charge in [0, 0.05) is 5.69 Å². The van der Waals surface area contributed by atoms with Crippen molar-refractivity contribution < 1.29 is 14.3 Å². The molecular weight excluding hydrogens is 352 g/mol. The first-order chi connectivity index (χ1) is 12.4. The molecule has 2 rings (SSSR count). The fourth-order valence-electron chi connectivity index (χ4n) is 2.40. The molecule has 1 amide bonds. The van der Waals surface area contributed by atoms with Crippen LogP contribution in [-0.4, -0.2) is 20.1 Å². The van der Waals surface area contributed by atoms with Crippen LogP contribution in [0.4, 0.5) is 5.69 Å². The van der Waals surface area contributed by atoms with E-state index in [1.165, 1.54) is 20.3 Å². The van der Waals surface area contributed by atoms with Gasteiger partial charge >= 0.3 is 0 Å². The molecule has 0 spiro atoms. The minimum atomic E-state index is -0.493. The molecule has 0 atom stereocenters. The highest BCUT2D eigenvalue weighted by Crippen LogP contribution is 2.36. The Morgan fingerprint density at radius 1 is 1.19 bits per heavy atom. The van der Waals surface area contributed by atoms with Gasteiger partial charge in [-0.1, -0.05) is 23.7 Å². The number of anilines is 1. The van der Waals surface area contributed by atoms with Crippen molar-refractivity contribution in [1.82, 2.24) is 0 Å². The Labute approximate surface area is 157 Å². The number of amides is 1. The molecule has 5 nitrogen and oxygen atoms in total. The van der Waals surface area contributed by atoms with Crippen molar-refractivity contribution in [3.05, 3.63) is 57.6 Å². The fraction of sp³-hybridized carbons (Fsp3) is 0.200. The summed E-state index contributed by atoms with van der Waals surface area (Å²) in [6.07, 6.45) is 1.45. The summed E-state index contributed by atoms with van der Waals surface area (Å²) in [7, 11) is 2.97. The smallest absolute Gasteiger partial charge is 0.266 e. The molecule has 134 valence electrons. The van der Waals surface area contributed by atoms with E-state index in [-0.39, 0.29) is 5.57 Å². The number of methoxy groups -OCH3 is 2. The topological polar surface area (TPSA) is 71.3 Å². The highest BCUT2D eigenvalue weighted by Gasteiger charge is 2.14. The zero-order chi connectivity index (χ0) is 19.3. The van der Waals surface area contributed by atoms with Crippen molar-refractivity contribution in [1.29, 1.82) is 5.26 Å². The monoisotopic (exact) mass is 370 g/mol. The Morgan fingerprint density at radius 3 is 2.54 bits per heavy atom. The predicted octanol–water partition coefficient (Wildman–Crippen LogP) is 4.52. The number of halogens is 1. The third-order valence-electron chi connectivity index (χ3n) is 3.77. The van der Waals surface area contributed by atoms with E-state index in [0.717, 1.165) is 11.1 Å². The summed E-state index contributed by atoms with van der Waals surface area (Å²) >= 11 is 6.17. The van der Waals surface area contributed by atoms with Gasteiger partial charge < -0.3 is 14.8 Å². The standard InChI is InChI=1S/C20H19ClN2O3/c1-12-5-6-13(2)17(7-12)23-20(24)15(11-22)8-14-9-16(21)19(26-4)18(10-14)25-3/h5-10H,1-4H3,(H,23,24). The van der Waals surface area contributed by atoms with Gasteiger partial charge in [-0.15, -0.1) is 0 Å². The Bertz CT molecular complexity index is 914. The lowest BCUT2D eigenvalue weighted by molar-refractivity contribution is -0.112. The molecular formula is C20H19ClN2O3. The number of carbonyl (C=O) groups excluding carboxylic acids is 1. The maximum absolute atomic E-state index is 12.5. The Hall–Kier alpha value is -2.97. The molecule has 0 fully saturated rings. The average Bonchev–Trinajstić information content (AvgIpc) is 2.62. The van der Waals surface area contributed by atoms with Crippen LogP contribution in [0.5, 0.6) is 11.5 Å². The SMILES string of the molecule is COc1cc(C=C(C#N)C(=O)Nc2cc(C)ccc2C)cc(Cl)c1OC. The van der Waals surface area contributed by atoms with Crippen LogP contribution in [0.3, 0.4) is 0 Å². The number of rotatable bonds is 5. The van der Waals surface area contributed by atoms with Crippen LogP contribution < -0.4 is 14.8 Å². The summed E-state index contributed by atoms with van der Waals surface area (Å²) in [6, 6.07) is 10.9. The summed E-state index contributed by atoms with van der Waals surface area (Å²) in [5.74, 6) is 0.315. The van der Waals surface area contributed by atoms with Crippen molar-refractivity contribution in [3.8, 4) is 17.6 Å². The van der Waals surface area contributed by atoms with Crippen LogP contribution in [0.15, 0.2) is 35.9 Å². The van der Waals surface area contributed by atoms with E-state index >= 15 is 0 Å². The zero-order valence-electron chi connectivity index (χ0n) is 15.0. The summed E-state index contributed by atoms with van der Waals surface area (Å²) in [5.41, 5.74) is 3.10. The van der Waals surface area contributed by atoms with Crippen molar-refractivity contribution in [2.24, 2.45) is 0 Å². The molecule has 0 bridgehead atoms. The number of hydrogen-bond acceptors (Lipinski definition) is 4. The first-order valence-corrected chi connectivity index (χ1v) is 8.19. The molecule has 0 radical (unpaired) electrons. The molecule has 0 aliphatic heterocycles. The van der Waals surface area contributed by atoms with Crippen LogP contribution in [0.2, 0.25) is 5.02 Å². The van der Waals surface area contributed by atoms with Crippen LogP contribution in [0, 0.1) is 25.2 Å². The summed E-state index contributed by atoms with van der Waals surface area (Å²) in [6.45, 7) is 3.82. The number of nitriles is 1. The molecule has 0 heterocycles. The van der Waals surface area contributed by atoms with E-state index in [1.807, 2.05) is 38.1 Å². The number of carbonyl (C=O) groups is 1. The third kappa shape index (κ3) is 4.35. The Balaban J connectivity index is 2.36. The lowest BCUT2D eigenvalue weighted by atomic mass is 10.1. The second-order valence-corrected chi connectivity index (χ2v) is 6.09. The van der Waals surface area contributed by atoms with E-state index in [4.69, 9.17) is 21.1 Å². The van der Waals surface area contributed by atoms with Crippen LogP contribution in [0.25, 0.3) is 6.08 Å². The largest absolute Gasteiger partial charge is 0.493 e.